The summed E-state index contributed by atoms with van der Waals surface area (Å²) in [5, 5.41) is 17.8. The Hall–Kier alpha value is -2.78. The van der Waals surface area contributed by atoms with Crippen molar-refractivity contribution in [2.75, 3.05) is 13.1 Å². The molecule has 28 heavy (non-hydrogen) atoms. The van der Waals surface area contributed by atoms with Crippen molar-refractivity contribution in [2.24, 2.45) is 0 Å². The van der Waals surface area contributed by atoms with Crippen LogP contribution in [0.5, 0.6) is 0 Å². The maximum Gasteiger partial charge on any atom is 0.224 e. The highest BCUT2D eigenvalue weighted by Gasteiger charge is 2.37. The van der Waals surface area contributed by atoms with Gasteiger partial charge in [0.05, 0.1) is 41.7 Å². The smallest absolute Gasteiger partial charge is 0.224 e. The minimum absolute atomic E-state index is 0.0195. The van der Waals surface area contributed by atoms with E-state index in [1.54, 1.807) is 6.20 Å². The van der Waals surface area contributed by atoms with E-state index >= 15 is 0 Å². The van der Waals surface area contributed by atoms with Crippen molar-refractivity contribution in [3.8, 4) is 0 Å². The summed E-state index contributed by atoms with van der Waals surface area (Å²) in [5.41, 5.74) is 2.72. The minimum atomic E-state index is -0.150. The van der Waals surface area contributed by atoms with Crippen LogP contribution in [0.1, 0.15) is 30.4 Å². The fourth-order valence-electron chi connectivity index (χ4n) is 4.27. The molecule has 0 bridgehead atoms. The highest BCUT2D eigenvalue weighted by molar-refractivity contribution is 5.78. The lowest BCUT2D eigenvalue weighted by Gasteiger charge is -2.41. The van der Waals surface area contributed by atoms with Crippen molar-refractivity contribution in [1.82, 2.24) is 29.4 Å². The molecule has 3 aromatic rings. The minimum Gasteiger partial charge on any atom is -0.388 e. The van der Waals surface area contributed by atoms with Crippen molar-refractivity contribution in [2.45, 2.75) is 44.7 Å². The number of likely N-dealkylation sites (tertiary alicyclic amines) is 1. The Kier molecular flexibility index (Phi) is 4.33. The number of ether oxygens (including phenoxy) is 1. The van der Waals surface area contributed by atoms with Crippen LogP contribution >= 0.6 is 0 Å². The number of amides is 1. The predicted octanol–water partition coefficient (Wildman–Crippen LogP) is 0.883. The molecule has 0 spiro atoms. The number of aromatic nitrogens is 5. The molecule has 1 aromatic carbocycles. The lowest BCUT2D eigenvalue weighted by molar-refractivity contribution is -0.138. The number of piperidine rings is 1. The number of para-hydroxylation sites is 2. The van der Waals surface area contributed by atoms with Crippen LogP contribution in [0, 0.1) is 0 Å². The number of nitrogens with zero attached hydrogens (tertiary/aromatic N) is 6. The molecule has 1 N–H and O–H groups in total. The number of rotatable bonds is 4. The van der Waals surface area contributed by atoms with Gasteiger partial charge in [-0.2, -0.15) is 0 Å². The van der Waals surface area contributed by atoms with Gasteiger partial charge in [0.1, 0.15) is 12.4 Å². The number of fused-ring (bicyclic) bond motifs is 4. The summed E-state index contributed by atoms with van der Waals surface area (Å²) in [4.78, 5) is 19.2. The van der Waals surface area contributed by atoms with Gasteiger partial charge in [-0.1, -0.05) is 17.3 Å². The fourth-order valence-corrected chi connectivity index (χ4v) is 4.27. The van der Waals surface area contributed by atoms with E-state index in [0.29, 0.717) is 38.5 Å². The monoisotopic (exact) mass is 382 g/mol. The lowest BCUT2D eigenvalue weighted by atomic mass is 10.00. The van der Waals surface area contributed by atoms with E-state index in [0.717, 1.165) is 23.1 Å². The van der Waals surface area contributed by atoms with Gasteiger partial charge in [0.2, 0.25) is 5.91 Å². The average Bonchev–Trinajstić information content (AvgIpc) is 3.36. The van der Waals surface area contributed by atoms with E-state index in [2.05, 4.69) is 15.3 Å². The Morgan fingerprint density at radius 3 is 3.11 bits per heavy atom. The second kappa shape index (κ2) is 6.99. The first-order valence-corrected chi connectivity index (χ1v) is 9.58. The Morgan fingerprint density at radius 1 is 1.32 bits per heavy atom. The molecule has 1 amide bonds. The molecule has 2 atom stereocenters. The molecule has 146 valence electrons. The standard InChI is InChI=1S/C19H22N6O3/c26-11-18-21-14-3-1-2-4-15(14)24(18)8-6-19(27)23-7-5-17-16(10-23)25-13(12-28-17)9-20-22-25/h1-4,9,16-17,26H,5-8,10-12H2/t16-,17-/m1/s1. The van der Waals surface area contributed by atoms with E-state index < -0.39 is 0 Å². The zero-order chi connectivity index (χ0) is 19.1. The fraction of sp³-hybridized carbons (Fsp3) is 0.474. The Balaban J connectivity index is 1.30. The molecule has 9 nitrogen and oxygen atoms in total. The molecule has 4 heterocycles. The first-order valence-electron chi connectivity index (χ1n) is 9.58. The van der Waals surface area contributed by atoms with Crippen LogP contribution in [-0.2, 0) is 29.3 Å². The lowest BCUT2D eigenvalue weighted by Crippen LogP contribution is -2.50. The van der Waals surface area contributed by atoms with Gasteiger partial charge in [0.25, 0.3) is 0 Å². The Bertz CT molecular complexity index is 1010. The van der Waals surface area contributed by atoms with Gasteiger partial charge in [0, 0.05) is 26.1 Å². The molecule has 0 aliphatic carbocycles. The van der Waals surface area contributed by atoms with E-state index in [4.69, 9.17) is 4.74 Å². The van der Waals surface area contributed by atoms with Crippen LogP contribution in [0.3, 0.4) is 0 Å². The van der Waals surface area contributed by atoms with Gasteiger partial charge >= 0.3 is 0 Å². The van der Waals surface area contributed by atoms with Gasteiger partial charge in [-0.05, 0) is 18.6 Å². The average molecular weight is 382 g/mol. The molecule has 2 aliphatic rings. The quantitative estimate of drug-likeness (QED) is 0.719. The molecule has 2 aromatic heterocycles. The molecule has 0 saturated carbocycles. The number of imidazole rings is 1. The molecule has 5 rings (SSSR count). The molecular formula is C19H22N6O3. The molecule has 0 radical (unpaired) electrons. The summed E-state index contributed by atoms with van der Waals surface area (Å²) in [6.45, 7) is 2.13. The predicted molar refractivity (Wildman–Crippen MR) is 99.1 cm³/mol. The third-order valence-corrected chi connectivity index (χ3v) is 5.71. The topological polar surface area (TPSA) is 98.3 Å². The van der Waals surface area contributed by atoms with Crippen LogP contribution in [0.2, 0.25) is 0 Å². The van der Waals surface area contributed by atoms with Gasteiger partial charge in [0.15, 0.2) is 0 Å². The summed E-state index contributed by atoms with van der Waals surface area (Å²) >= 11 is 0. The van der Waals surface area contributed by atoms with Crippen molar-refractivity contribution >= 4 is 16.9 Å². The second-order valence-corrected chi connectivity index (χ2v) is 7.29. The summed E-state index contributed by atoms with van der Waals surface area (Å²) < 4.78 is 9.75. The van der Waals surface area contributed by atoms with Crippen molar-refractivity contribution in [1.29, 1.82) is 0 Å². The van der Waals surface area contributed by atoms with Crippen molar-refractivity contribution < 1.29 is 14.6 Å². The van der Waals surface area contributed by atoms with Crippen LogP contribution in [-0.4, -0.2) is 59.7 Å². The Labute approximate surface area is 161 Å². The number of hydrogen-bond acceptors (Lipinski definition) is 6. The van der Waals surface area contributed by atoms with Gasteiger partial charge in [-0.3, -0.25) is 4.79 Å². The van der Waals surface area contributed by atoms with Gasteiger partial charge in [-0.15, -0.1) is 5.10 Å². The van der Waals surface area contributed by atoms with Crippen LogP contribution in [0.15, 0.2) is 30.5 Å². The third-order valence-electron chi connectivity index (χ3n) is 5.71. The summed E-state index contributed by atoms with van der Waals surface area (Å²) in [6, 6.07) is 7.75. The number of carbonyl (C=O) groups is 1. The first-order chi connectivity index (χ1) is 13.7. The molecule has 2 aliphatic heterocycles. The zero-order valence-electron chi connectivity index (χ0n) is 15.4. The second-order valence-electron chi connectivity index (χ2n) is 7.29. The summed E-state index contributed by atoms with van der Waals surface area (Å²) in [6.07, 6.45) is 2.95. The largest absolute Gasteiger partial charge is 0.388 e. The first kappa shape index (κ1) is 17.3. The normalized spacial score (nSPS) is 21.5. The van der Waals surface area contributed by atoms with Gasteiger partial charge < -0.3 is 19.3 Å². The zero-order valence-corrected chi connectivity index (χ0v) is 15.4. The Morgan fingerprint density at radius 2 is 2.21 bits per heavy atom. The molecule has 9 heteroatoms. The molecular weight excluding hydrogens is 360 g/mol. The van der Waals surface area contributed by atoms with Crippen LogP contribution < -0.4 is 0 Å². The summed E-state index contributed by atoms with van der Waals surface area (Å²) in [5.74, 6) is 0.674. The maximum absolute atomic E-state index is 12.9. The van der Waals surface area contributed by atoms with Crippen LogP contribution in [0.4, 0.5) is 0 Å². The van der Waals surface area contributed by atoms with E-state index in [1.807, 2.05) is 38.4 Å². The molecule has 1 fully saturated rings. The highest BCUT2D eigenvalue weighted by atomic mass is 16.5. The van der Waals surface area contributed by atoms with Crippen molar-refractivity contribution in [3.05, 3.63) is 42.0 Å². The van der Waals surface area contributed by atoms with Crippen molar-refractivity contribution in [3.63, 3.8) is 0 Å². The highest BCUT2D eigenvalue weighted by Crippen LogP contribution is 2.30. The van der Waals surface area contributed by atoms with Gasteiger partial charge in [-0.25, -0.2) is 9.67 Å². The van der Waals surface area contributed by atoms with Crippen LogP contribution in [0.25, 0.3) is 11.0 Å². The number of aliphatic hydroxyl groups excluding tert-OH is 1. The van der Waals surface area contributed by atoms with E-state index in [1.165, 1.54) is 0 Å². The van der Waals surface area contributed by atoms with E-state index in [9.17, 15) is 9.90 Å². The third kappa shape index (κ3) is 2.87. The number of hydrogen-bond donors (Lipinski definition) is 1. The number of aryl methyl sites for hydroxylation is 1. The number of benzene rings is 1. The SMILES string of the molecule is O=C(CCn1c(CO)nc2ccccc21)N1CC[C@H]2OCc3cnnn3[C@@H]2C1. The maximum atomic E-state index is 12.9. The summed E-state index contributed by atoms with van der Waals surface area (Å²) in [7, 11) is 0. The van der Waals surface area contributed by atoms with E-state index in [-0.39, 0.29) is 24.7 Å². The molecule has 0 unspecified atom stereocenters. The number of aliphatic hydroxyl groups is 1. The number of carbonyl (C=O) groups excluding carboxylic acids is 1. The molecule has 1 saturated heterocycles.